The van der Waals surface area contributed by atoms with Crippen LogP contribution in [0.4, 0.5) is 0 Å². The van der Waals surface area contributed by atoms with Crippen molar-refractivity contribution < 1.29 is 9.90 Å². The molecule has 2 saturated heterocycles. The highest BCUT2D eigenvalue weighted by atomic mass is 16.3. The number of rotatable bonds is 2. The van der Waals surface area contributed by atoms with Gasteiger partial charge in [0, 0.05) is 0 Å². The average Bonchev–Trinajstić information content (AvgIpc) is 2.25. The Balaban J connectivity index is 1.84. The normalized spacial score (nSPS) is 29.0. The first kappa shape index (κ1) is 11.9. The molecule has 92 valence electrons. The number of carbonyl (C=O) groups is 1. The van der Waals surface area contributed by atoms with Crippen LogP contribution in [-0.2, 0) is 4.79 Å². The van der Waals surface area contributed by atoms with Crippen molar-refractivity contribution in [3.05, 3.63) is 0 Å². The number of β-amino-alcohol motifs (C(OH)–C–C–N with tert-alkyl or cyclic N) is 1. The Morgan fingerprint density at radius 3 is 2.62 bits per heavy atom. The summed E-state index contributed by atoms with van der Waals surface area (Å²) >= 11 is 0. The quantitative estimate of drug-likeness (QED) is 0.715. The molecule has 1 atom stereocenters. The summed E-state index contributed by atoms with van der Waals surface area (Å²) in [6.45, 7) is 5.95. The molecule has 0 aliphatic carbocycles. The highest BCUT2D eigenvalue weighted by Gasteiger charge is 2.46. The molecule has 1 unspecified atom stereocenters. The first-order valence-corrected chi connectivity index (χ1v) is 6.27. The van der Waals surface area contributed by atoms with Crippen LogP contribution in [0.15, 0.2) is 0 Å². The molecule has 2 heterocycles. The highest BCUT2D eigenvalue weighted by Crippen LogP contribution is 2.29. The summed E-state index contributed by atoms with van der Waals surface area (Å²) in [5, 5.41) is 13.3. The molecule has 2 aliphatic heterocycles. The monoisotopic (exact) mass is 226 g/mol. The van der Waals surface area contributed by atoms with Gasteiger partial charge in [0.2, 0.25) is 5.91 Å². The van der Waals surface area contributed by atoms with E-state index < -0.39 is 5.60 Å². The SMILES string of the molecule is CC(C)C1(O)CN(C(=O)C2CCCCN2)C1. The van der Waals surface area contributed by atoms with Crippen LogP contribution in [0.1, 0.15) is 33.1 Å². The maximum absolute atomic E-state index is 12.0. The maximum Gasteiger partial charge on any atom is 0.239 e. The van der Waals surface area contributed by atoms with Crippen LogP contribution >= 0.6 is 0 Å². The van der Waals surface area contributed by atoms with E-state index in [4.69, 9.17) is 0 Å². The molecule has 0 spiro atoms. The van der Waals surface area contributed by atoms with Crippen molar-refractivity contribution in [3.63, 3.8) is 0 Å². The van der Waals surface area contributed by atoms with Crippen molar-refractivity contribution in [3.8, 4) is 0 Å². The summed E-state index contributed by atoms with van der Waals surface area (Å²) in [4.78, 5) is 13.8. The second-order valence-corrected chi connectivity index (χ2v) is 5.46. The molecule has 2 rings (SSSR count). The smallest absolute Gasteiger partial charge is 0.239 e. The van der Waals surface area contributed by atoms with Crippen LogP contribution in [-0.4, -0.2) is 47.2 Å². The van der Waals surface area contributed by atoms with Gasteiger partial charge in [0.05, 0.1) is 19.1 Å². The molecule has 16 heavy (non-hydrogen) atoms. The minimum Gasteiger partial charge on any atom is -0.386 e. The number of carbonyl (C=O) groups excluding carboxylic acids is 1. The molecule has 0 radical (unpaired) electrons. The zero-order chi connectivity index (χ0) is 11.8. The number of likely N-dealkylation sites (tertiary alicyclic amines) is 1. The van der Waals surface area contributed by atoms with Crippen molar-refractivity contribution in [1.29, 1.82) is 0 Å². The zero-order valence-electron chi connectivity index (χ0n) is 10.2. The molecule has 4 nitrogen and oxygen atoms in total. The Bertz CT molecular complexity index is 266. The molecular formula is C12H22N2O2. The third kappa shape index (κ3) is 2.09. The van der Waals surface area contributed by atoms with Gasteiger partial charge < -0.3 is 15.3 Å². The lowest BCUT2D eigenvalue weighted by atomic mass is 9.82. The van der Waals surface area contributed by atoms with Crippen molar-refractivity contribution >= 4 is 5.91 Å². The summed E-state index contributed by atoms with van der Waals surface area (Å²) in [6, 6.07) is -0.00883. The van der Waals surface area contributed by atoms with Gasteiger partial charge in [0.25, 0.3) is 0 Å². The second kappa shape index (κ2) is 4.34. The summed E-state index contributed by atoms with van der Waals surface area (Å²) in [5.41, 5.74) is -0.648. The van der Waals surface area contributed by atoms with Crippen LogP contribution in [0.5, 0.6) is 0 Å². The second-order valence-electron chi connectivity index (χ2n) is 5.46. The fraction of sp³-hybridized carbons (Fsp3) is 0.917. The van der Waals surface area contributed by atoms with Crippen molar-refractivity contribution in [1.82, 2.24) is 10.2 Å². The third-order valence-corrected chi connectivity index (χ3v) is 3.92. The summed E-state index contributed by atoms with van der Waals surface area (Å²) in [5.74, 6) is 0.390. The number of piperidine rings is 1. The van der Waals surface area contributed by atoms with Gasteiger partial charge in [-0.2, -0.15) is 0 Å². The lowest BCUT2D eigenvalue weighted by molar-refractivity contribution is -0.166. The predicted octanol–water partition coefficient (Wildman–Crippen LogP) is 0.358. The van der Waals surface area contributed by atoms with E-state index in [1.807, 2.05) is 13.8 Å². The van der Waals surface area contributed by atoms with Gasteiger partial charge in [0.15, 0.2) is 0 Å². The van der Waals surface area contributed by atoms with E-state index in [0.29, 0.717) is 13.1 Å². The van der Waals surface area contributed by atoms with Gasteiger partial charge in [0.1, 0.15) is 5.60 Å². The van der Waals surface area contributed by atoms with Gasteiger partial charge in [-0.3, -0.25) is 4.79 Å². The summed E-state index contributed by atoms with van der Waals surface area (Å²) < 4.78 is 0. The van der Waals surface area contributed by atoms with Crippen LogP contribution in [0.25, 0.3) is 0 Å². The van der Waals surface area contributed by atoms with E-state index >= 15 is 0 Å². The Kier molecular flexibility index (Phi) is 3.22. The molecule has 0 saturated carbocycles. The number of amides is 1. The standard InChI is InChI=1S/C12H22N2O2/c1-9(2)12(16)7-14(8-12)11(15)10-5-3-4-6-13-10/h9-10,13,16H,3-8H2,1-2H3. The topological polar surface area (TPSA) is 52.6 Å². The third-order valence-electron chi connectivity index (χ3n) is 3.92. The van der Waals surface area contributed by atoms with Crippen molar-refractivity contribution in [2.75, 3.05) is 19.6 Å². The Morgan fingerprint density at radius 2 is 2.12 bits per heavy atom. The molecular weight excluding hydrogens is 204 g/mol. The minimum absolute atomic E-state index is 0.00883. The van der Waals surface area contributed by atoms with Crippen molar-refractivity contribution in [2.24, 2.45) is 5.92 Å². The first-order valence-electron chi connectivity index (χ1n) is 6.27. The summed E-state index contributed by atoms with van der Waals surface area (Å²) in [6.07, 6.45) is 3.24. The maximum atomic E-state index is 12.0. The lowest BCUT2D eigenvalue weighted by Crippen LogP contribution is -2.68. The van der Waals surface area contributed by atoms with E-state index in [-0.39, 0.29) is 17.9 Å². The van der Waals surface area contributed by atoms with E-state index in [1.165, 1.54) is 6.42 Å². The largest absolute Gasteiger partial charge is 0.386 e. The fourth-order valence-corrected chi connectivity index (χ4v) is 2.42. The number of hydrogen-bond acceptors (Lipinski definition) is 3. The van der Waals surface area contributed by atoms with E-state index in [2.05, 4.69) is 5.32 Å². The van der Waals surface area contributed by atoms with Gasteiger partial charge in [-0.05, 0) is 25.3 Å². The number of aliphatic hydroxyl groups is 1. The molecule has 2 aliphatic rings. The zero-order valence-corrected chi connectivity index (χ0v) is 10.2. The first-order chi connectivity index (χ1) is 7.53. The Hall–Kier alpha value is -0.610. The molecule has 0 aromatic heterocycles. The Morgan fingerprint density at radius 1 is 1.44 bits per heavy atom. The molecule has 0 bridgehead atoms. The molecule has 0 aromatic carbocycles. The average molecular weight is 226 g/mol. The predicted molar refractivity (Wildman–Crippen MR) is 62.0 cm³/mol. The molecule has 4 heteroatoms. The lowest BCUT2D eigenvalue weighted by Gasteiger charge is -2.50. The number of hydrogen-bond donors (Lipinski definition) is 2. The van der Waals surface area contributed by atoms with Crippen LogP contribution < -0.4 is 5.32 Å². The molecule has 2 fully saturated rings. The van der Waals surface area contributed by atoms with E-state index in [0.717, 1.165) is 19.4 Å². The van der Waals surface area contributed by atoms with Gasteiger partial charge in [-0.1, -0.05) is 20.3 Å². The number of nitrogens with one attached hydrogen (secondary N) is 1. The molecule has 0 aromatic rings. The molecule has 1 amide bonds. The fourth-order valence-electron chi connectivity index (χ4n) is 2.42. The Labute approximate surface area is 97.0 Å². The van der Waals surface area contributed by atoms with E-state index in [1.54, 1.807) is 4.90 Å². The van der Waals surface area contributed by atoms with Crippen LogP contribution in [0.2, 0.25) is 0 Å². The van der Waals surface area contributed by atoms with Crippen LogP contribution in [0, 0.1) is 5.92 Å². The minimum atomic E-state index is -0.648. The van der Waals surface area contributed by atoms with E-state index in [9.17, 15) is 9.90 Å². The molecule has 2 N–H and O–H groups in total. The van der Waals surface area contributed by atoms with Gasteiger partial charge >= 0.3 is 0 Å². The van der Waals surface area contributed by atoms with Crippen LogP contribution in [0.3, 0.4) is 0 Å². The number of nitrogens with zero attached hydrogens (tertiary/aromatic N) is 1. The van der Waals surface area contributed by atoms with Crippen molar-refractivity contribution in [2.45, 2.75) is 44.8 Å². The summed E-state index contributed by atoms with van der Waals surface area (Å²) in [7, 11) is 0. The highest BCUT2D eigenvalue weighted by molar-refractivity contribution is 5.83. The van der Waals surface area contributed by atoms with Gasteiger partial charge in [-0.25, -0.2) is 0 Å². The van der Waals surface area contributed by atoms with Gasteiger partial charge in [-0.15, -0.1) is 0 Å².